The zero-order chi connectivity index (χ0) is 9.52. The van der Waals surface area contributed by atoms with Gasteiger partial charge >= 0.3 is 0 Å². The van der Waals surface area contributed by atoms with Crippen LogP contribution in [0.3, 0.4) is 0 Å². The number of hydrogen-bond acceptors (Lipinski definition) is 3. The second-order valence-corrected chi connectivity index (χ2v) is 2.65. The summed E-state index contributed by atoms with van der Waals surface area (Å²) in [5, 5.41) is 8.58. The summed E-state index contributed by atoms with van der Waals surface area (Å²) in [5.74, 6) is 0. The summed E-state index contributed by atoms with van der Waals surface area (Å²) in [7, 11) is 1.55. The van der Waals surface area contributed by atoms with Crippen molar-refractivity contribution in [2.75, 3.05) is 7.11 Å². The minimum absolute atomic E-state index is 0.0452. The smallest absolute Gasteiger partial charge is 0.0701 e. The maximum absolute atomic E-state index is 8.58. The molecule has 0 saturated heterocycles. The number of nitrogens with zero attached hydrogens (tertiary/aromatic N) is 1. The lowest BCUT2D eigenvalue weighted by Gasteiger charge is -2.13. The maximum atomic E-state index is 8.58. The van der Waals surface area contributed by atoms with E-state index < -0.39 is 0 Å². The lowest BCUT2D eigenvalue weighted by Crippen LogP contribution is -2.19. The van der Waals surface area contributed by atoms with E-state index in [2.05, 4.69) is 11.5 Å². The first kappa shape index (κ1) is 9.72. The van der Waals surface area contributed by atoms with E-state index in [1.54, 1.807) is 7.11 Å². The van der Waals surface area contributed by atoms with Crippen molar-refractivity contribution in [3.8, 4) is 6.07 Å². The van der Waals surface area contributed by atoms with Gasteiger partial charge in [0.25, 0.3) is 0 Å². The van der Waals surface area contributed by atoms with Crippen LogP contribution in [0.5, 0.6) is 0 Å². The second-order valence-electron chi connectivity index (χ2n) is 2.65. The van der Waals surface area contributed by atoms with Crippen LogP contribution in [0.1, 0.15) is 18.0 Å². The lowest BCUT2D eigenvalue weighted by molar-refractivity contribution is 0.0617. The predicted octanol–water partition coefficient (Wildman–Crippen LogP) is 1.79. The van der Waals surface area contributed by atoms with Crippen molar-refractivity contribution in [2.45, 2.75) is 12.5 Å². The van der Waals surface area contributed by atoms with Gasteiger partial charge in [0.15, 0.2) is 0 Å². The van der Waals surface area contributed by atoms with Crippen molar-refractivity contribution in [3.63, 3.8) is 0 Å². The van der Waals surface area contributed by atoms with Crippen molar-refractivity contribution < 1.29 is 4.84 Å². The molecule has 0 amide bonds. The first-order valence-corrected chi connectivity index (χ1v) is 4.09. The third kappa shape index (κ3) is 2.86. The fourth-order valence-electron chi connectivity index (χ4n) is 1.15. The van der Waals surface area contributed by atoms with Crippen LogP contribution in [0.4, 0.5) is 0 Å². The van der Waals surface area contributed by atoms with Gasteiger partial charge in [-0.1, -0.05) is 30.3 Å². The molecule has 1 N–H and O–H groups in total. The van der Waals surface area contributed by atoms with Gasteiger partial charge in [-0.3, -0.25) is 0 Å². The van der Waals surface area contributed by atoms with Gasteiger partial charge in [0.2, 0.25) is 0 Å². The van der Waals surface area contributed by atoms with Crippen LogP contribution in [0.15, 0.2) is 30.3 Å². The number of nitrogens with one attached hydrogen (secondary N) is 1. The normalized spacial score (nSPS) is 12.0. The standard InChI is InChI=1S/C10H12N2O/c1-13-12-10(7-8-11)9-5-3-2-4-6-9/h2-6,10,12H,7H2,1H3. The van der Waals surface area contributed by atoms with Crippen molar-refractivity contribution in [3.05, 3.63) is 35.9 Å². The predicted molar refractivity (Wildman–Crippen MR) is 49.6 cm³/mol. The fraction of sp³-hybridized carbons (Fsp3) is 0.300. The molecule has 0 aliphatic carbocycles. The van der Waals surface area contributed by atoms with Crippen molar-refractivity contribution in [2.24, 2.45) is 0 Å². The molecule has 3 heteroatoms. The molecule has 0 heterocycles. The van der Waals surface area contributed by atoms with Crippen molar-refractivity contribution in [1.29, 1.82) is 5.26 Å². The molecule has 0 aliphatic heterocycles. The van der Waals surface area contributed by atoms with Gasteiger partial charge in [-0.25, -0.2) is 0 Å². The largest absolute Gasteiger partial charge is 0.304 e. The van der Waals surface area contributed by atoms with Crippen molar-refractivity contribution >= 4 is 0 Å². The Hall–Kier alpha value is -1.37. The molecular weight excluding hydrogens is 164 g/mol. The molecule has 0 aromatic heterocycles. The zero-order valence-electron chi connectivity index (χ0n) is 7.53. The number of hydroxylamine groups is 1. The highest BCUT2D eigenvalue weighted by molar-refractivity contribution is 5.19. The van der Waals surface area contributed by atoms with E-state index in [1.165, 1.54) is 0 Å². The Morgan fingerprint density at radius 1 is 1.46 bits per heavy atom. The molecule has 1 rings (SSSR count). The van der Waals surface area contributed by atoms with Crippen LogP contribution >= 0.6 is 0 Å². The minimum Gasteiger partial charge on any atom is -0.304 e. The summed E-state index contributed by atoms with van der Waals surface area (Å²) < 4.78 is 0. The highest BCUT2D eigenvalue weighted by atomic mass is 16.6. The van der Waals surface area contributed by atoms with Crippen LogP contribution < -0.4 is 5.48 Å². The van der Waals surface area contributed by atoms with E-state index in [9.17, 15) is 0 Å². The number of hydrogen-bond donors (Lipinski definition) is 1. The summed E-state index contributed by atoms with van der Waals surface area (Å²) in [4.78, 5) is 4.81. The molecule has 1 atom stereocenters. The van der Waals surface area contributed by atoms with E-state index in [0.29, 0.717) is 6.42 Å². The lowest BCUT2D eigenvalue weighted by atomic mass is 10.1. The zero-order valence-corrected chi connectivity index (χ0v) is 7.53. The van der Waals surface area contributed by atoms with Crippen LogP contribution in [0.2, 0.25) is 0 Å². The van der Waals surface area contributed by atoms with E-state index in [1.807, 2.05) is 30.3 Å². The summed E-state index contributed by atoms with van der Waals surface area (Å²) in [6.07, 6.45) is 0.401. The second kappa shape index (κ2) is 5.31. The Morgan fingerprint density at radius 3 is 2.69 bits per heavy atom. The average Bonchev–Trinajstić information content (AvgIpc) is 2.19. The Kier molecular flexibility index (Phi) is 3.97. The van der Waals surface area contributed by atoms with Gasteiger partial charge < -0.3 is 4.84 Å². The summed E-state index contributed by atoms with van der Waals surface area (Å²) in [6, 6.07) is 11.8. The van der Waals surface area contributed by atoms with Gasteiger partial charge in [0, 0.05) is 0 Å². The van der Waals surface area contributed by atoms with Crippen LogP contribution in [0.25, 0.3) is 0 Å². The van der Waals surface area contributed by atoms with Crippen LogP contribution in [0, 0.1) is 11.3 Å². The minimum atomic E-state index is -0.0452. The third-order valence-electron chi connectivity index (χ3n) is 1.76. The topological polar surface area (TPSA) is 45.0 Å². The molecule has 1 aromatic rings. The molecule has 13 heavy (non-hydrogen) atoms. The summed E-state index contributed by atoms with van der Waals surface area (Å²) in [5.41, 5.74) is 3.84. The molecule has 0 bridgehead atoms. The van der Waals surface area contributed by atoms with Gasteiger partial charge in [0.05, 0.1) is 25.6 Å². The molecule has 0 aliphatic rings. The van der Waals surface area contributed by atoms with E-state index >= 15 is 0 Å². The maximum Gasteiger partial charge on any atom is 0.0701 e. The first-order valence-electron chi connectivity index (χ1n) is 4.09. The fourth-order valence-corrected chi connectivity index (χ4v) is 1.15. The molecule has 3 nitrogen and oxygen atoms in total. The SMILES string of the molecule is CONC(CC#N)c1ccccc1. The first-order chi connectivity index (χ1) is 6.38. The van der Waals surface area contributed by atoms with Crippen LogP contribution in [-0.4, -0.2) is 7.11 Å². The van der Waals surface area contributed by atoms with E-state index in [4.69, 9.17) is 10.1 Å². The number of benzene rings is 1. The van der Waals surface area contributed by atoms with Crippen LogP contribution in [-0.2, 0) is 4.84 Å². The molecule has 0 radical (unpaired) electrons. The molecule has 68 valence electrons. The molecule has 0 fully saturated rings. The average molecular weight is 176 g/mol. The number of nitriles is 1. The molecular formula is C10H12N2O. The quantitative estimate of drug-likeness (QED) is 0.711. The summed E-state index contributed by atoms with van der Waals surface area (Å²) in [6.45, 7) is 0. The van der Waals surface area contributed by atoms with E-state index in [0.717, 1.165) is 5.56 Å². The Balaban J connectivity index is 2.71. The summed E-state index contributed by atoms with van der Waals surface area (Å²) >= 11 is 0. The van der Waals surface area contributed by atoms with Crippen molar-refractivity contribution in [1.82, 2.24) is 5.48 Å². The van der Waals surface area contributed by atoms with Gasteiger partial charge in [-0.2, -0.15) is 10.7 Å². The molecule has 0 saturated carbocycles. The number of rotatable bonds is 4. The Labute approximate surface area is 77.9 Å². The van der Waals surface area contributed by atoms with Gasteiger partial charge in [-0.05, 0) is 5.56 Å². The molecule has 1 aromatic carbocycles. The third-order valence-corrected chi connectivity index (χ3v) is 1.76. The van der Waals surface area contributed by atoms with Gasteiger partial charge in [0.1, 0.15) is 0 Å². The van der Waals surface area contributed by atoms with Gasteiger partial charge in [-0.15, -0.1) is 0 Å². The Morgan fingerprint density at radius 2 is 2.15 bits per heavy atom. The highest BCUT2D eigenvalue weighted by Gasteiger charge is 2.08. The Bertz CT molecular complexity index is 279. The highest BCUT2D eigenvalue weighted by Crippen LogP contribution is 2.15. The monoisotopic (exact) mass is 176 g/mol. The molecule has 0 spiro atoms. The van der Waals surface area contributed by atoms with E-state index in [-0.39, 0.29) is 6.04 Å². The molecule has 1 unspecified atom stereocenters.